The van der Waals surface area contributed by atoms with Crippen LogP contribution in [0.1, 0.15) is 50.7 Å². The molecule has 0 unspecified atom stereocenters. The van der Waals surface area contributed by atoms with Crippen LogP contribution in [0.15, 0.2) is 22.8 Å². The van der Waals surface area contributed by atoms with Crippen LogP contribution < -0.4 is 16.0 Å². The number of rotatable bonds is 8. The zero-order chi connectivity index (χ0) is 16.3. The molecule has 0 aromatic carbocycles. The number of amides is 3. The third-order valence-electron chi connectivity index (χ3n) is 4.08. The average Bonchev–Trinajstić information content (AvgIpc) is 3.06. The van der Waals surface area contributed by atoms with Crippen molar-refractivity contribution in [3.63, 3.8) is 0 Å². The standard InChI is InChI=1S/C17H27N3O3/c21-16(18-12-10-15-8-5-13-23-15)9-4-11-19-17(22)20-14-6-2-1-3-7-14/h5,8,13-14H,1-4,6-7,9-12H2,(H,18,21)(H2,19,20,22). The fourth-order valence-corrected chi connectivity index (χ4v) is 2.80. The molecule has 6 nitrogen and oxygen atoms in total. The van der Waals surface area contributed by atoms with Gasteiger partial charge in [-0.25, -0.2) is 4.79 Å². The van der Waals surface area contributed by atoms with Crippen LogP contribution in [0.25, 0.3) is 0 Å². The van der Waals surface area contributed by atoms with E-state index in [1.807, 2.05) is 12.1 Å². The maximum atomic E-state index is 11.7. The van der Waals surface area contributed by atoms with Gasteiger partial charge in [-0.15, -0.1) is 0 Å². The Balaban J connectivity index is 1.45. The Kier molecular flexibility index (Phi) is 7.49. The highest BCUT2D eigenvalue weighted by molar-refractivity contribution is 5.76. The second-order valence-electron chi connectivity index (χ2n) is 6.02. The number of furan rings is 1. The summed E-state index contributed by atoms with van der Waals surface area (Å²) in [5.41, 5.74) is 0. The third-order valence-corrected chi connectivity index (χ3v) is 4.08. The van der Waals surface area contributed by atoms with E-state index in [2.05, 4.69) is 16.0 Å². The smallest absolute Gasteiger partial charge is 0.315 e. The van der Waals surface area contributed by atoms with Gasteiger partial charge in [-0.1, -0.05) is 19.3 Å². The Morgan fingerprint density at radius 3 is 2.70 bits per heavy atom. The van der Waals surface area contributed by atoms with Crippen molar-refractivity contribution in [2.45, 2.75) is 57.4 Å². The van der Waals surface area contributed by atoms with E-state index in [1.165, 1.54) is 19.3 Å². The summed E-state index contributed by atoms with van der Waals surface area (Å²) < 4.78 is 5.20. The zero-order valence-electron chi connectivity index (χ0n) is 13.6. The molecule has 128 valence electrons. The van der Waals surface area contributed by atoms with Crippen molar-refractivity contribution in [2.75, 3.05) is 13.1 Å². The molecule has 0 radical (unpaired) electrons. The van der Waals surface area contributed by atoms with E-state index in [-0.39, 0.29) is 11.9 Å². The molecule has 1 saturated carbocycles. The van der Waals surface area contributed by atoms with Crippen LogP contribution in [-0.2, 0) is 11.2 Å². The summed E-state index contributed by atoms with van der Waals surface area (Å²) in [4.78, 5) is 23.4. The molecule has 0 aliphatic heterocycles. The fourth-order valence-electron chi connectivity index (χ4n) is 2.80. The van der Waals surface area contributed by atoms with E-state index >= 15 is 0 Å². The molecule has 2 rings (SSSR count). The van der Waals surface area contributed by atoms with Gasteiger partial charge in [-0.05, 0) is 31.4 Å². The van der Waals surface area contributed by atoms with Crippen LogP contribution in [0.3, 0.4) is 0 Å². The highest BCUT2D eigenvalue weighted by Crippen LogP contribution is 2.17. The summed E-state index contributed by atoms with van der Waals surface area (Å²) in [6.07, 6.45) is 9.20. The van der Waals surface area contributed by atoms with E-state index < -0.39 is 0 Å². The first-order chi connectivity index (χ1) is 11.2. The predicted molar refractivity (Wildman–Crippen MR) is 88.1 cm³/mol. The van der Waals surface area contributed by atoms with Crippen LogP contribution in [0.2, 0.25) is 0 Å². The molecule has 0 spiro atoms. The summed E-state index contributed by atoms with van der Waals surface area (Å²) >= 11 is 0. The maximum Gasteiger partial charge on any atom is 0.315 e. The summed E-state index contributed by atoms with van der Waals surface area (Å²) in [5.74, 6) is 0.873. The topological polar surface area (TPSA) is 83.4 Å². The minimum atomic E-state index is -0.116. The lowest BCUT2D eigenvalue weighted by Gasteiger charge is -2.22. The van der Waals surface area contributed by atoms with E-state index in [0.29, 0.717) is 38.4 Å². The molecule has 6 heteroatoms. The first-order valence-electron chi connectivity index (χ1n) is 8.57. The minimum Gasteiger partial charge on any atom is -0.469 e. The van der Waals surface area contributed by atoms with Crippen LogP contribution in [0, 0.1) is 0 Å². The number of urea groups is 1. The minimum absolute atomic E-state index is 0.00560. The van der Waals surface area contributed by atoms with Gasteiger partial charge in [-0.3, -0.25) is 4.79 Å². The van der Waals surface area contributed by atoms with Gasteiger partial charge in [0.05, 0.1) is 6.26 Å². The molecule has 1 aromatic heterocycles. The van der Waals surface area contributed by atoms with Crippen LogP contribution >= 0.6 is 0 Å². The largest absolute Gasteiger partial charge is 0.469 e. The molecule has 0 atom stereocenters. The Hall–Kier alpha value is -1.98. The van der Waals surface area contributed by atoms with E-state index in [1.54, 1.807) is 6.26 Å². The predicted octanol–water partition coefficient (Wildman–Crippen LogP) is 2.35. The van der Waals surface area contributed by atoms with Gasteiger partial charge in [0.2, 0.25) is 5.91 Å². The highest BCUT2D eigenvalue weighted by atomic mass is 16.3. The van der Waals surface area contributed by atoms with Crippen molar-refractivity contribution in [1.29, 1.82) is 0 Å². The normalized spacial score (nSPS) is 15.1. The van der Waals surface area contributed by atoms with Crippen LogP contribution in [0.5, 0.6) is 0 Å². The summed E-state index contributed by atoms with van der Waals surface area (Å²) in [7, 11) is 0. The maximum absolute atomic E-state index is 11.7. The number of carbonyl (C=O) groups excluding carboxylic acids is 2. The van der Waals surface area contributed by atoms with E-state index in [0.717, 1.165) is 18.6 Å². The van der Waals surface area contributed by atoms with Crippen molar-refractivity contribution >= 4 is 11.9 Å². The Morgan fingerprint density at radius 1 is 1.13 bits per heavy atom. The monoisotopic (exact) mass is 321 g/mol. The SMILES string of the molecule is O=C(CCCNC(=O)NC1CCCCC1)NCCc1ccco1. The number of hydrogen-bond donors (Lipinski definition) is 3. The molecule has 1 aromatic rings. The van der Waals surface area contributed by atoms with Crippen molar-refractivity contribution in [3.05, 3.63) is 24.2 Å². The molecular formula is C17H27N3O3. The van der Waals surface area contributed by atoms with E-state index in [9.17, 15) is 9.59 Å². The van der Waals surface area contributed by atoms with Crippen LogP contribution in [0.4, 0.5) is 4.79 Å². The van der Waals surface area contributed by atoms with Crippen LogP contribution in [-0.4, -0.2) is 31.1 Å². The first kappa shape index (κ1) is 17.4. The molecule has 23 heavy (non-hydrogen) atoms. The molecule has 1 aliphatic carbocycles. The van der Waals surface area contributed by atoms with Crippen molar-refractivity contribution in [3.8, 4) is 0 Å². The fraction of sp³-hybridized carbons (Fsp3) is 0.647. The first-order valence-corrected chi connectivity index (χ1v) is 8.57. The Bertz CT molecular complexity index is 467. The number of hydrogen-bond acceptors (Lipinski definition) is 3. The molecule has 3 amide bonds. The Labute approximate surface area is 137 Å². The lowest BCUT2D eigenvalue weighted by molar-refractivity contribution is -0.121. The summed E-state index contributed by atoms with van der Waals surface area (Å²) in [6.45, 7) is 1.09. The number of carbonyl (C=O) groups is 2. The highest BCUT2D eigenvalue weighted by Gasteiger charge is 2.15. The van der Waals surface area contributed by atoms with Gasteiger partial charge in [0.15, 0.2) is 0 Å². The van der Waals surface area contributed by atoms with Gasteiger partial charge < -0.3 is 20.4 Å². The second-order valence-corrected chi connectivity index (χ2v) is 6.02. The average molecular weight is 321 g/mol. The second kappa shape index (κ2) is 9.92. The van der Waals surface area contributed by atoms with Gasteiger partial charge >= 0.3 is 6.03 Å². The third kappa shape index (κ3) is 7.21. The molecule has 1 fully saturated rings. The van der Waals surface area contributed by atoms with E-state index in [4.69, 9.17) is 4.42 Å². The lowest BCUT2D eigenvalue weighted by atomic mass is 9.96. The Morgan fingerprint density at radius 2 is 1.96 bits per heavy atom. The summed E-state index contributed by atoms with van der Waals surface area (Å²) in [6, 6.07) is 3.92. The van der Waals surface area contributed by atoms with Crippen molar-refractivity contribution in [2.24, 2.45) is 0 Å². The molecular weight excluding hydrogens is 294 g/mol. The van der Waals surface area contributed by atoms with Gasteiger partial charge in [-0.2, -0.15) is 0 Å². The molecule has 1 aliphatic rings. The van der Waals surface area contributed by atoms with Crippen molar-refractivity contribution < 1.29 is 14.0 Å². The van der Waals surface area contributed by atoms with Crippen molar-refractivity contribution in [1.82, 2.24) is 16.0 Å². The van der Waals surface area contributed by atoms with Gasteiger partial charge in [0, 0.05) is 32.0 Å². The quantitative estimate of drug-likeness (QED) is 0.643. The van der Waals surface area contributed by atoms with Gasteiger partial charge in [0.25, 0.3) is 0 Å². The molecule has 1 heterocycles. The number of nitrogens with one attached hydrogen (secondary N) is 3. The molecule has 0 saturated heterocycles. The zero-order valence-corrected chi connectivity index (χ0v) is 13.6. The molecule has 3 N–H and O–H groups in total. The van der Waals surface area contributed by atoms with Gasteiger partial charge in [0.1, 0.15) is 5.76 Å². The lowest BCUT2D eigenvalue weighted by Crippen LogP contribution is -2.43. The summed E-state index contributed by atoms with van der Waals surface area (Å²) in [5, 5.41) is 8.66. The molecule has 0 bridgehead atoms.